The molecule has 6 nitrogen and oxygen atoms in total. The summed E-state index contributed by atoms with van der Waals surface area (Å²) in [6, 6.07) is 16.0. The molecule has 0 spiro atoms. The Balaban J connectivity index is 1.66. The summed E-state index contributed by atoms with van der Waals surface area (Å²) in [5, 5.41) is 12.7. The molecule has 1 heterocycles. The van der Waals surface area contributed by atoms with Crippen LogP contribution in [0.5, 0.6) is 0 Å². The summed E-state index contributed by atoms with van der Waals surface area (Å²) in [6.07, 6.45) is 1.93. The molecule has 0 N–H and O–H groups in total. The molecular formula is C26H30FNO5. The Labute approximate surface area is 193 Å². The molecule has 176 valence electrons. The monoisotopic (exact) mass is 455 g/mol. The highest BCUT2D eigenvalue weighted by molar-refractivity contribution is 5.86. The van der Waals surface area contributed by atoms with Crippen molar-refractivity contribution in [3.8, 4) is 0 Å². The quantitative estimate of drug-likeness (QED) is 0.441. The lowest BCUT2D eigenvalue weighted by Crippen LogP contribution is -2.51. The van der Waals surface area contributed by atoms with E-state index in [0.29, 0.717) is 16.2 Å². The predicted octanol–water partition coefficient (Wildman–Crippen LogP) is 5.22. The first kappa shape index (κ1) is 23.2. The molecule has 2 aliphatic rings. The van der Waals surface area contributed by atoms with Gasteiger partial charge in [0.1, 0.15) is 11.7 Å². The first-order chi connectivity index (χ1) is 16.0. The number of rotatable bonds is 6. The van der Waals surface area contributed by atoms with Crippen LogP contribution >= 0.6 is 0 Å². The van der Waals surface area contributed by atoms with Crippen molar-refractivity contribution in [2.45, 2.75) is 76.3 Å². The van der Waals surface area contributed by atoms with E-state index in [1.165, 1.54) is 17.7 Å². The van der Waals surface area contributed by atoms with E-state index >= 15 is 0 Å². The van der Waals surface area contributed by atoms with Gasteiger partial charge in [0.05, 0.1) is 6.10 Å². The van der Waals surface area contributed by atoms with E-state index in [-0.39, 0.29) is 24.3 Å². The fourth-order valence-corrected chi connectivity index (χ4v) is 4.82. The summed E-state index contributed by atoms with van der Waals surface area (Å²) >= 11 is 0. The van der Waals surface area contributed by atoms with Gasteiger partial charge in [-0.2, -0.15) is 0 Å². The van der Waals surface area contributed by atoms with Crippen molar-refractivity contribution in [2.75, 3.05) is 0 Å². The highest BCUT2D eigenvalue weighted by atomic mass is 19.1. The van der Waals surface area contributed by atoms with Gasteiger partial charge in [0, 0.05) is 24.2 Å². The van der Waals surface area contributed by atoms with Crippen LogP contribution in [-0.2, 0) is 19.1 Å². The van der Waals surface area contributed by atoms with E-state index in [4.69, 9.17) is 14.3 Å². The van der Waals surface area contributed by atoms with Gasteiger partial charge in [-0.15, -0.1) is 0 Å². The molecule has 1 saturated carbocycles. The van der Waals surface area contributed by atoms with Gasteiger partial charge < -0.3 is 14.3 Å². The van der Waals surface area contributed by atoms with Crippen LogP contribution in [0.25, 0.3) is 0 Å². The van der Waals surface area contributed by atoms with Crippen molar-refractivity contribution in [3.05, 3.63) is 76.7 Å². The van der Waals surface area contributed by atoms with Crippen LogP contribution < -0.4 is 0 Å². The largest absolute Gasteiger partial charge is 0.457 e. The Morgan fingerprint density at radius 1 is 1.09 bits per heavy atom. The smallest absolute Gasteiger partial charge is 0.305 e. The molecule has 0 amide bonds. The fourth-order valence-electron chi connectivity index (χ4n) is 4.82. The number of esters is 1. The zero-order valence-corrected chi connectivity index (χ0v) is 19.0. The number of carbonyl (C=O) groups excluding carboxylic acids is 1. The van der Waals surface area contributed by atoms with Gasteiger partial charge in [-0.1, -0.05) is 62.2 Å². The van der Waals surface area contributed by atoms with Gasteiger partial charge in [-0.25, -0.2) is 4.39 Å². The molecule has 0 radical (unpaired) electrons. The minimum absolute atomic E-state index is 0.155. The standard InChI is InChI=1S/C26H30FNO5/c1-3-23(29)32-25-24(19-13-15-20(27)16-14-19)17(2)28(30)33-26(25)31-22-12-8-7-11-21(22)18-9-5-4-6-10-18/h4-6,9-10,13-16,21-22,24-26H,3,7-8,11-12H2,1-2H3/t21-,22+,24-,25-,26+/m0/s1. The Hall–Kier alpha value is -2.93. The SMILES string of the molecule is CCC(=O)O[C@@H]1[C@H](O[C@@H]2CCCC[C@H]2c2ccccc2)O[N+]([O-])=C(C)[C@H]1c1ccc(F)cc1. The molecule has 7 heteroatoms. The van der Waals surface area contributed by atoms with Crippen molar-refractivity contribution in [1.82, 2.24) is 0 Å². The molecule has 33 heavy (non-hydrogen) atoms. The van der Waals surface area contributed by atoms with Gasteiger partial charge >= 0.3 is 5.97 Å². The van der Waals surface area contributed by atoms with Crippen LogP contribution in [0.15, 0.2) is 54.6 Å². The van der Waals surface area contributed by atoms with Crippen molar-refractivity contribution in [1.29, 1.82) is 0 Å². The molecule has 1 fully saturated rings. The second kappa shape index (κ2) is 10.3. The van der Waals surface area contributed by atoms with E-state index in [2.05, 4.69) is 12.1 Å². The Morgan fingerprint density at radius 2 is 1.79 bits per heavy atom. The molecule has 0 unspecified atom stereocenters. The molecular weight excluding hydrogens is 425 g/mol. The van der Waals surface area contributed by atoms with E-state index in [1.807, 2.05) is 18.2 Å². The summed E-state index contributed by atoms with van der Waals surface area (Å²) in [5.41, 5.74) is 2.15. The number of halogens is 1. The minimum atomic E-state index is -1.08. The molecule has 2 aromatic rings. The normalized spacial score (nSPS) is 27.7. The summed E-state index contributed by atoms with van der Waals surface area (Å²) in [7, 11) is 0. The molecule has 1 aliphatic heterocycles. The minimum Gasteiger partial charge on any atom is -0.457 e. The molecule has 0 saturated heterocycles. The van der Waals surface area contributed by atoms with Gasteiger partial charge in [-0.3, -0.25) is 10.0 Å². The van der Waals surface area contributed by atoms with Gasteiger partial charge in [0.15, 0.2) is 6.10 Å². The number of benzene rings is 2. The maximum atomic E-state index is 13.6. The van der Waals surface area contributed by atoms with Gasteiger partial charge in [0.25, 0.3) is 0 Å². The summed E-state index contributed by atoms with van der Waals surface area (Å²) in [6.45, 7) is 3.33. The van der Waals surface area contributed by atoms with Crippen molar-refractivity contribution in [2.24, 2.45) is 0 Å². The number of ether oxygens (including phenoxy) is 2. The number of carbonyl (C=O) groups is 1. The lowest BCUT2D eigenvalue weighted by molar-refractivity contribution is -0.776. The molecule has 5 atom stereocenters. The number of hydrogen-bond donors (Lipinski definition) is 0. The lowest BCUT2D eigenvalue weighted by atomic mass is 9.81. The first-order valence-electron chi connectivity index (χ1n) is 11.6. The van der Waals surface area contributed by atoms with Crippen molar-refractivity contribution < 1.29 is 28.4 Å². The lowest BCUT2D eigenvalue weighted by Gasteiger charge is -2.41. The van der Waals surface area contributed by atoms with E-state index in [9.17, 15) is 14.4 Å². The average Bonchev–Trinajstić information content (AvgIpc) is 2.84. The highest BCUT2D eigenvalue weighted by Crippen LogP contribution is 2.39. The van der Waals surface area contributed by atoms with E-state index in [1.54, 1.807) is 26.0 Å². The van der Waals surface area contributed by atoms with Crippen molar-refractivity contribution >= 4 is 11.7 Å². The Morgan fingerprint density at radius 3 is 2.48 bits per heavy atom. The summed E-state index contributed by atoms with van der Waals surface area (Å²) in [5.74, 6) is -1.26. The zero-order chi connectivity index (χ0) is 23.4. The third-order valence-electron chi connectivity index (χ3n) is 6.56. The molecule has 0 bridgehead atoms. The van der Waals surface area contributed by atoms with Gasteiger partial charge in [0.2, 0.25) is 12.0 Å². The predicted molar refractivity (Wildman–Crippen MR) is 121 cm³/mol. The number of hydrogen-bond acceptors (Lipinski definition) is 5. The Kier molecular flexibility index (Phi) is 7.28. The molecule has 4 rings (SSSR count). The maximum absolute atomic E-state index is 13.6. The summed E-state index contributed by atoms with van der Waals surface area (Å²) in [4.78, 5) is 18.4. The van der Waals surface area contributed by atoms with E-state index in [0.717, 1.165) is 25.7 Å². The van der Waals surface area contributed by atoms with Crippen molar-refractivity contribution in [3.63, 3.8) is 0 Å². The number of nitrogens with zero attached hydrogens (tertiary/aromatic N) is 1. The molecule has 0 aromatic heterocycles. The van der Waals surface area contributed by atoms with Crippen LogP contribution in [0.2, 0.25) is 0 Å². The fraction of sp³-hybridized carbons (Fsp3) is 0.462. The second-order valence-electron chi connectivity index (χ2n) is 8.69. The highest BCUT2D eigenvalue weighted by Gasteiger charge is 2.46. The van der Waals surface area contributed by atoms with Crippen LogP contribution in [0, 0.1) is 11.0 Å². The molecule has 1 aliphatic carbocycles. The maximum Gasteiger partial charge on any atom is 0.305 e. The van der Waals surface area contributed by atoms with Gasteiger partial charge in [-0.05, 0) is 36.1 Å². The van der Waals surface area contributed by atoms with Crippen LogP contribution in [0.1, 0.15) is 68.9 Å². The Bertz CT molecular complexity index is 978. The molecule has 2 aromatic carbocycles. The van der Waals surface area contributed by atoms with Crippen LogP contribution in [0.4, 0.5) is 4.39 Å². The van der Waals surface area contributed by atoms with Crippen LogP contribution in [0.3, 0.4) is 0 Å². The average molecular weight is 456 g/mol. The van der Waals surface area contributed by atoms with E-state index < -0.39 is 24.3 Å². The topological polar surface area (TPSA) is 70.8 Å². The third kappa shape index (κ3) is 5.19. The first-order valence-corrected chi connectivity index (χ1v) is 11.6. The third-order valence-corrected chi connectivity index (χ3v) is 6.56. The zero-order valence-electron chi connectivity index (χ0n) is 19.0. The second-order valence-corrected chi connectivity index (χ2v) is 8.69. The summed E-state index contributed by atoms with van der Waals surface area (Å²) < 4.78 is 25.8. The van der Waals surface area contributed by atoms with Crippen LogP contribution in [-0.4, -0.2) is 35.1 Å².